The molecular weight excluding hydrogens is 289 g/mol. The zero-order valence-corrected chi connectivity index (χ0v) is 10.9. The summed E-state index contributed by atoms with van der Waals surface area (Å²) in [5.41, 5.74) is -0.706. The molecular formula is C14H9F3O2S. The SMILES string of the molecule is O=C(CS(=O)c1ccc(F)cc1)c1c(F)cccc1F. The molecule has 0 radical (unpaired) electrons. The van der Waals surface area contributed by atoms with Crippen molar-refractivity contribution in [3.8, 4) is 0 Å². The molecule has 0 saturated heterocycles. The summed E-state index contributed by atoms with van der Waals surface area (Å²) in [5.74, 6) is -3.96. The lowest BCUT2D eigenvalue weighted by Crippen LogP contribution is -2.14. The molecule has 0 aromatic heterocycles. The Morgan fingerprint density at radius 3 is 2.05 bits per heavy atom. The lowest BCUT2D eigenvalue weighted by molar-refractivity contribution is 0.101. The van der Waals surface area contributed by atoms with E-state index >= 15 is 0 Å². The Kier molecular flexibility index (Phi) is 4.34. The average molecular weight is 298 g/mol. The van der Waals surface area contributed by atoms with Crippen LogP contribution in [0, 0.1) is 17.5 Å². The molecule has 2 rings (SSSR count). The molecule has 0 aliphatic heterocycles. The predicted octanol–water partition coefficient (Wildman–Crippen LogP) is 3.09. The lowest BCUT2D eigenvalue weighted by Gasteiger charge is -2.04. The fourth-order valence-electron chi connectivity index (χ4n) is 1.63. The molecule has 0 aliphatic carbocycles. The molecule has 0 spiro atoms. The Morgan fingerprint density at radius 2 is 1.50 bits per heavy atom. The number of hydrogen-bond acceptors (Lipinski definition) is 2. The lowest BCUT2D eigenvalue weighted by atomic mass is 10.1. The van der Waals surface area contributed by atoms with Crippen LogP contribution in [-0.2, 0) is 10.8 Å². The monoisotopic (exact) mass is 298 g/mol. The number of rotatable bonds is 4. The van der Waals surface area contributed by atoms with Gasteiger partial charge in [0, 0.05) is 4.90 Å². The molecule has 0 heterocycles. The summed E-state index contributed by atoms with van der Waals surface area (Å²) in [6, 6.07) is 7.77. The Morgan fingerprint density at radius 1 is 0.950 bits per heavy atom. The van der Waals surface area contributed by atoms with Crippen molar-refractivity contribution in [3.63, 3.8) is 0 Å². The third-order valence-electron chi connectivity index (χ3n) is 2.58. The van der Waals surface area contributed by atoms with Gasteiger partial charge in [0.1, 0.15) is 17.5 Å². The van der Waals surface area contributed by atoms with E-state index in [1.165, 1.54) is 12.1 Å². The molecule has 104 valence electrons. The van der Waals surface area contributed by atoms with Gasteiger partial charge in [0.25, 0.3) is 0 Å². The first kappa shape index (κ1) is 14.5. The van der Waals surface area contributed by atoms with Gasteiger partial charge < -0.3 is 0 Å². The topological polar surface area (TPSA) is 34.1 Å². The van der Waals surface area contributed by atoms with Crippen LogP contribution in [0.25, 0.3) is 0 Å². The van der Waals surface area contributed by atoms with Crippen molar-refractivity contribution in [2.75, 3.05) is 5.75 Å². The van der Waals surface area contributed by atoms with E-state index < -0.39 is 45.4 Å². The Labute approximate surface area is 115 Å². The van der Waals surface area contributed by atoms with Crippen molar-refractivity contribution < 1.29 is 22.2 Å². The molecule has 0 amide bonds. The Bertz CT molecular complexity index is 648. The zero-order chi connectivity index (χ0) is 14.7. The second kappa shape index (κ2) is 6.00. The fourth-order valence-corrected chi connectivity index (χ4v) is 2.61. The minimum atomic E-state index is -1.79. The molecule has 1 unspecified atom stereocenters. The van der Waals surface area contributed by atoms with Crippen LogP contribution in [0.2, 0.25) is 0 Å². The normalized spacial score (nSPS) is 12.2. The van der Waals surface area contributed by atoms with Crippen LogP contribution in [0.4, 0.5) is 13.2 Å². The molecule has 6 heteroatoms. The predicted molar refractivity (Wildman–Crippen MR) is 68.4 cm³/mol. The average Bonchev–Trinajstić information content (AvgIpc) is 2.39. The molecule has 1 atom stereocenters. The van der Waals surface area contributed by atoms with Crippen molar-refractivity contribution >= 4 is 16.6 Å². The number of ketones is 1. The van der Waals surface area contributed by atoms with Crippen molar-refractivity contribution in [1.29, 1.82) is 0 Å². The smallest absolute Gasteiger partial charge is 0.181 e. The second-order valence-corrected chi connectivity index (χ2v) is 5.41. The van der Waals surface area contributed by atoms with E-state index in [4.69, 9.17) is 0 Å². The highest BCUT2D eigenvalue weighted by Gasteiger charge is 2.19. The van der Waals surface area contributed by atoms with E-state index in [2.05, 4.69) is 0 Å². The first-order valence-electron chi connectivity index (χ1n) is 5.60. The maximum Gasteiger partial charge on any atom is 0.181 e. The summed E-state index contributed by atoms with van der Waals surface area (Å²) in [6.45, 7) is 0. The largest absolute Gasteiger partial charge is 0.293 e. The summed E-state index contributed by atoms with van der Waals surface area (Å²) in [5, 5.41) is 0. The van der Waals surface area contributed by atoms with Crippen LogP contribution in [0.1, 0.15) is 10.4 Å². The van der Waals surface area contributed by atoms with E-state index in [1.54, 1.807) is 0 Å². The maximum absolute atomic E-state index is 13.4. The van der Waals surface area contributed by atoms with Crippen molar-refractivity contribution in [3.05, 3.63) is 65.5 Å². The molecule has 0 saturated carbocycles. The van der Waals surface area contributed by atoms with E-state index in [0.29, 0.717) is 0 Å². The van der Waals surface area contributed by atoms with Gasteiger partial charge in [-0.05, 0) is 36.4 Å². The summed E-state index contributed by atoms with van der Waals surface area (Å²) in [6.07, 6.45) is 0. The number of Topliss-reactive ketones (excluding diaryl/α,β-unsaturated/α-hetero) is 1. The molecule has 2 aromatic rings. The summed E-state index contributed by atoms with van der Waals surface area (Å²) in [7, 11) is -1.79. The van der Waals surface area contributed by atoms with Gasteiger partial charge in [-0.2, -0.15) is 0 Å². The van der Waals surface area contributed by atoms with E-state index in [-0.39, 0.29) is 4.90 Å². The molecule has 2 nitrogen and oxygen atoms in total. The third-order valence-corrected chi connectivity index (χ3v) is 3.90. The second-order valence-electron chi connectivity index (χ2n) is 3.96. The number of hydrogen-bond donors (Lipinski definition) is 0. The van der Waals surface area contributed by atoms with E-state index in [0.717, 1.165) is 30.3 Å². The third kappa shape index (κ3) is 3.14. The summed E-state index contributed by atoms with van der Waals surface area (Å²) in [4.78, 5) is 12.0. The summed E-state index contributed by atoms with van der Waals surface area (Å²) >= 11 is 0. The van der Waals surface area contributed by atoms with Gasteiger partial charge in [-0.3, -0.25) is 9.00 Å². The van der Waals surface area contributed by atoms with Crippen LogP contribution >= 0.6 is 0 Å². The van der Waals surface area contributed by atoms with E-state index in [9.17, 15) is 22.2 Å². The van der Waals surface area contributed by atoms with Gasteiger partial charge in [-0.15, -0.1) is 0 Å². The fraction of sp³-hybridized carbons (Fsp3) is 0.0714. The van der Waals surface area contributed by atoms with Crippen molar-refractivity contribution in [1.82, 2.24) is 0 Å². The first-order chi connectivity index (χ1) is 9.49. The summed E-state index contributed by atoms with van der Waals surface area (Å²) < 4.78 is 51.4. The molecule has 0 bridgehead atoms. The first-order valence-corrected chi connectivity index (χ1v) is 6.92. The van der Waals surface area contributed by atoms with Crippen LogP contribution in [0.5, 0.6) is 0 Å². The van der Waals surface area contributed by atoms with Gasteiger partial charge in [-0.25, -0.2) is 13.2 Å². The van der Waals surface area contributed by atoms with Crippen LogP contribution in [0.3, 0.4) is 0 Å². The number of carbonyl (C=O) groups excluding carboxylic acids is 1. The van der Waals surface area contributed by atoms with Gasteiger partial charge in [0.2, 0.25) is 0 Å². The van der Waals surface area contributed by atoms with Gasteiger partial charge >= 0.3 is 0 Å². The number of benzene rings is 2. The zero-order valence-electron chi connectivity index (χ0n) is 10.1. The number of carbonyl (C=O) groups is 1. The van der Waals surface area contributed by atoms with Crippen molar-refractivity contribution in [2.24, 2.45) is 0 Å². The minimum Gasteiger partial charge on any atom is -0.293 e. The van der Waals surface area contributed by atoms with Gasteiger partial charge in [0.05, 0.1) is 22.1 Å². The molecule has 0 fully saturated rings. The minimum absolute atomic E-state index is 0.219. The highest BCUT2D eigenvalue weighted by molar-refractivity contribution is 7.85. The van der Waals surface area contributed by atoms with Crippen LogP contribution in [-0.4, -0.2) is 15.7 Å². The van der Waals surface area contributed by atoms with Crippen LogP contribution in [0.15, 0.2) is 47.4 Å². The number of halogens is 3. The van der Waals surface area contributed by atoms with E-state index in [1.807, 2.05) is 0 Å². The molecule has 2 aromatic carbocycles. The van der Waals surface area contributed by atoms with Gasteiger partial charge in [-0.1, -0.05) is 6.07 Å². The highest BCUT2D eigenvalue weighted by Crippen LogP contribution is 2.15. The quantitative estimate of drug-likeness (QED) is 0.813. The van der Waals surface area contributed by atoms with Crippen LogP contribution < -0.4 is 0 Å². The maximum atomic E-state index is 13.4. The Balaban J connectivity index is 2.20. The molecule has 0 aliphatic rings. The van der Waals surface area contributed by atoms with Gasteiger partial charge in [0.15, 0.2) is 5.78 Å². The van der Waals surface area contributed by atoms with Crippen molar-refractivity contribution in [2.45, 2.75) is 4.90 Å². The molecule has 0 N–H and O–H groups in total. The molecule has 20 heavy (non-hydrogen) atoms. The Hall–Kier alpha value is -1.95. The highest BCUT2D eigenvalue weighted by atomic mass is 32.2. The standard InChI is InChI=1S/C14H9F3O2S/c15-9-4-6-10(7-5-9)20(19)8-13(18)14-11(16)2-1-3-12(14)17/h1-7H,8H2.